The van der Waals surface area contributed by atoms with Crippen LogP contribution in [-0.4, -0.2) is 41.4 Å². The number of nitrogen functional groups attached to an aromatic ring is 1. The lowest BCUT2D eigenvalue weighted by Gasteiger charge is -2.33. The van der Waals surface area contributed by atoms with Crippen LogP contribution in [-0.2, 0) is 9.53 Å². The monoisotopic (exact) mass is 383 g/mol. The van der Waals surface area contributed by atoms with Gasteiger partial charge in [0.15, 0.2) is 17.4 Å². The van der Waals surface area contributed by atoms with Crippen LogP contribution < -0.4 is 16.0 Å². The van der Waals surface area contributed by atoms with Crippen LogP contribution >= 0.6 is 0 Å². The molecule has 0 radical (unpaired) electrons. The molecule has 28 heavy (non-hydrogen) atoms. The maximum atomic E-state index is 12.1. The van der Waals surface area contributed by atoms with Crippen molar-refractivity contribution in [1.82, 2.24) is 9.97 Å². The third-order valence-electron chi connectivity index (χ3n) is 4.76. The SMILES string of the molecule is CCOC(=O)C1CCCN(c2ncnc(Nc3ccc(C(C)=O)cc3)c2N)C1. The van der Waals surface area contributed by atoms with Crippen LogP contribution in [0.2, 0.25) is 0 Å². The van der Waals surface area contributed by atoms with Crippen LogP contribution in [0.4, 0.5) is 23.0 Å². The van der Waals surface area contributed by atoms with E-state index in [2.05, 4.69) is 15.3 Å². The molecule has 8 heteroatoms. The van der Waals surface area contributed by atoms with E-state index in [1.807, 2.05) is 11.8 Å². The summed E-state index contributed by atoms with van der Waals surface area (Å²) >= 11 is 0. The van der Waals surface area contributed by atoms with E-state index in [0.717, 1.165) is 25.1 Å². The molecular weight excluding hydrogens is 358 g/mol. The molecule has 2 aromatic rings. The number of benzene rings is 1. The molecule has 1 saturated heterocycles. The van der Waals surface area contributed by atoms with Crippen molar-refractivity contribution < 1.29 is 14.3 Å². The highest BCUT2D eigenvalue weighted by molar-refractivity contribution is 5.94. The molecule has 1 aromatic heterocycles. The van der Waals surface area contributed by atoms with Gasteiger partial charge in [0.05, 0.1) is 12.5 Å². The third-order valence-corrected chi connectivity index (χ3v) is 4.76. The zero-order chi connectivity index (χ0) is 20.1. The minimum atomic E-state index is -0.182. The molecule has 8 nitrogen and oxygen atoms in total. The van der Waals surface area contributed by atoms with Crippen molar-refractivity contribution in [3.8, 4) is 0 Å². The summed E-state index contributed by atoms with van der Waals surface area (Å²) in [6.07, 6.45) is 3.11. The highest BCUT2D eigenvalue weighted by Gasteiger charge is 2.29. The molecule has 0 bridgehead atoms. The van der Waals surface area contributed by atoms with Gasteiger partial charge in [-0.05, 0) is 51.0 Å². The molecule has 1 fully saturated rings. The summed E-state index contributed by atoms with van der Waals surface area (Å²) in [5, 5.41) is 3.17. The summed E-state index contributed by atoms with van der Waals surface area (Å²) < 4.78 is 5.16. The normalized spacial score (nSPS) is 16.5. The molecule has 3 rings (SSSR count). The molecule has 148 valence electrons. The van der Waals surface area contributed by atoms with Gasteiger partial charge in [-0.2, -0.15) is 0 Å². The second-order valence-electron chi connectivity index (χ2n) is 6.76. The summed E-state index contributed by atoms with van der Waals surface area (Å²) in [4.78, 5) is 34.1. The number of nitrogens with zero attached hydrogens (tertiary/aromatic N) is 3. The largest absolute Gasteiger partial charge is 0.466 e. The Labute approximate surface area is 164 Å². The van der Waals surface area contributed by atoms with Crippen LogP contribution in [0.3, 0.4) is 0 Å². The van der Waals surface area contributed by atoms with Crippen molar-refractivity contribution in [1.29, 1.82) is 0 Å². The topological polar surface area (TPSA) is 110 Å². The van der Waals surface area contributed by atoms with Crippen LogP contribution in [0, 0.1) is 5.92 Å². The Kier molecular flexibility index (Phi) is 6.08. The molecule has 0 aliphatic carbocycles. The van der Waals surface area contributed by atoms with Gasteiger partial charge in [0.2, 0.25) is 0 Å². The fraction of sp³-hybridized carbons (Fsp3) is 0.400. The number of ether oxygens (including phenoxy) is 1. The molecule has 1 aliphatic heterocycles. The molecule has 1 unspecified atom stereocenters. The maximum absolute atomic E-state index is 12.1. The highest BCUT2D eigenvalue weighted by Crippen LogP contribution is 2.31. The van der Waals surface area contributed by atoms with E-state index in [1.165, 1.54) is 13.3 Å². The van der Waals surface area contributed by atoms with Crippen molar-refractivity contribution in [2.75, 3.05) is 35.6 Å². The highest BCUT2D eigenvalue weighted by atomic mass is 16.5. The molecular formula is C20H25N5O3. The van der Waals surface area contributed by atoms with Crippen molar-refractivity contribution in [2.24, 2.45) is 5.92 Å². The Balaban J connectivity index is 1.77. The molecule has 1 aliphatic rings. The van der Waals surface area contributed by atoms with Gasteiger partial charge >= 0.3 is 5.97 Å². The molecule has 2 heterocycles. The van der Waals surface area contributed by atoms with Crippen LogP contribution in [0.5, 0.6) is 0 Å². The Morgan fingerprint density at radius 1 is 1.29 bits per heavy atom. The number of ketones is 1. The van der Waals surface area contributed by atoms with E-state index < -0.39 is 0 Å². The standard InChI is InChI=1S/C20H25N5O3/c1-3-28-20(27)15-5-4-10-25(11-15)19-17(21)18(22-12-23-19)24-16-8-6-14(7-9-16)13(2)26/h6-9,12,15H,3-5,10-11,21H2,1-2H3,(H,22,23,24). The first-order valence-electron chi connectivity index (χ1n) is 9.39. The number of rotatable bonds is 6. The minimum absolute atomic E-state index is 0.0108. The fourth-order valence-corrected chi connectivity index (χ4v) is 3.28. The van der Waals surface area contributed by atoms with Gasteiger partial charge in [0.1, 0.15) is 12.0 Å². The van der Waals surface area contributed by atoms with Gasteiger partial charge in [-0.1, -0.05) is 0 Å². The van der Waals surface area contributed by atoms with Gasteiger partial charge in [0, 0.05) is 24.3 Å². The third kappa shape index (κ3) is 4.39. The number of aromatic nitrogens is 2. The molecule has 1 atom stereocenters. The van der Waals surface area contributed by atoms with Gasteiger partial charge in [0.25, 0.3) is 0 Å². The van der Waals surface area contributed by atoms with Gasteiger partial charge in [-0.3, -0.25) is 9.59 Å². The summed E-state index contributed by atoms with van der Waals surface area (Å²) in [6, 6.07) is 7.10. The van der Waals surface area contributed by atoms with Gasteiger partial charge < -0.3 is 20.7 Å². The average Bonchev–Trinajstić information content (AvgIpc) is 2.70. The van der Waals surface area contributed by atoms with Crippen LogP contribution in [0.25, 0.3) is 0 Å². The van der Waals surface area contributed by atoms with Gasteiger partial charge in [-0.15, -0.1) is 0 Å². The van der Waals surface area contributed by atoms with Crippen molar-refractivity contribution in [2.45, 2.75) is 26.7 Å². The van der Waals surface area contributed by atoms with Crippen molar-refractivity contribution in [3.05, 3.63) is 36.2 Å². The fourth-order valence-electron chi connectivity index (χ4n) is 3.28. The molecule has 1 aromatic carbocycles. The van der Waals surface area contributed by atoms with E-state index in [0.29, 0.717) is 36.0 Å². The molecule has 0 saturated carbocycles. The van der Waals surface area contributed by atoms with Crippen LogP contribution in [0.1, 0.15) is 37.0 Å². The summed E-state index contributed by atoms with van der Waals surface area (Å²) in [5.41, 5.74) is 8.15. The summed E-state index contributed by atoms with van der Waals surface area (Å²) in [7, 11) is 0. The Bertz CT molecular complexity index is 853. The number of nitrogens with two attached hydrogens (primary N) is 1. The number of Topliss-reactive ketones (excluding diaryl/α,β-unsaturated/α-hetero) is 1. The van der Waals surface area contributed by atoms with Crippen molar-refractivity contribution >= 4 is 34.8 Å². The van der Waals surface area contributed by atoms with E-state index in [9.17, 15) is 9.59 Å². The first kappa shape index (κ1) is 19.6. The van der Waals surface area contributed by atoms with Crippen molar-refractivity contribution in [3.63, 3.8) is 0 Å². The molecule has 3 N–H and O–H groups in total. The Hall–Kier alpha value is -3.16. The first-order valence-corrected chi connectivity index (χ1v) is 9.39. The lowest BCUT2D eigenvalue weighted by molar-refractivity contribution is -0.148. The summed E-state index contributed by atoms with van der Waals surface area (Å²) in [5.74, 6) is 0.740. The Morgan fingerprint density at radius 2 is 2.04 bits per heavy atom. The van der Waals surface area contributed by atoms with E-state index in [4.69, 9.17) is 10.5 Å². The molecule has 0 spiro atoms. The lowest BCUT2D eigenvalue weighted by Crippen LogP contribution is -2.40. The van der Waals surface area contributed by atoms with E-state index in [-0.39, 0.29) is 17.7 Å². The maximum Gasteiger partial charge on any atom is 0.310 e. The number of carbonyl (C=O) groups is 2. The zero-order valence-electron chi connectivity index (χ0n) is 16.1. The number of carbonyl (C=O) groups excluding carboxylic acids is 2. The van der Waals surface area contributed by atoms with E-state index in [1.54, 1.807) is 24.3 Å². The van der Waals surface area contributed by atoms with E-state index >= 15 is 0 Å². The number of hydrogen-bond acceptors (Lipinski definition) is 8. The number of esters is 1. The summed E-state index contributed by atoms with van der Waals surface area (Å²) in [6.45, 7) is 5.00. The smallest absolute Gasteiger partial charge is 0.310 e. The molecule has 0 amide bonds. The quantitative estimate of drug-likeness (QED) is 0.579. The minimum Gasteiger partial charge on any atom is -0.466 e. The first-order chi connectivity index (χ1) is 13.5. The predicted molar refractivity (Wildman–Crippen MR) is 108 cm³/mol. The van der Waals surface area contributed by atoms with Gasteiger partial charge in [-0.25, -0.2) is 9.97 Å². The lowest BCUT2D eigenvalue weighted by atomic mass is 9.98. The number of nitrogens with one attached hydrogen (secondary N) is 1. The second-order valence-corrected chi connectivity index (χ2v) is 6.76. The Morgan fingerprint density at radius 3 is 2.71 bits per heavy atom. The predicted octanol–water partition coefficient (Wildman–Crippen LogP) is 2.78. The number of hydrogen-bond donors (Lipinski definition) is 2. The van der Waals surface area contributed by atoms with Crippen LogP contribution in [0.15, 0.2) is 30.6 Å². The number of piperidine rings is 1. The number of anilines is 4. The average molecular weight is 383 g/mol. The zero-order valence-corrected chi connectivity index (χ0v) is 16.1. The second kappa shape index (κ2) is 8.69.